The molecule has 1 aromatic carbocycles. The molecule has 0 aliphatic carbocycles. The molecule has 2 nitrogen and oxygen atoms in total. The minimum absolute atomic E-state index is 0.202. The molecule has 0 bridgehead atoms. The zero-order valence-corrected chi connectivity index (χ0v) is 7.25. The monoisotopic (exact) mass is 180 g/mol. The lowest BCUT2D eigenvalue weighted by atomic mass is 10.1. The van der Waals surface area contributed by atoms with Crippen molar-refractivity contribution in [2.45, 2.75) is 12.5 Å². The maximum atomic E-state index is 8.40. The second kappa shape index (κ2) is 4.10. The lowest BCUT2D eigenvalue weighted by molar-refractivity contribution is 0.748. The fourth-order valence-electron chi connectivity index (χ4n) is 0.926. The van der Waals surface area contributed by atoms with Crippen LogP contribution in [0.2, 0.25) is 5.02 Å². The maximum absolute atomic E-state index is 8.40. The van der Waals surface area contributed by atoms with Gasteiger partial charge in [-0.25, -0.2) is 0 Å². The first-order valence-electron chi connectivity index (χ1n) is 3.62. The zero-order chi connectivity index (χ0) is 8.97. The largest absolute Gasteiger partial charge is 0.323 e. The van der Waals surface area contributed by atoms with Gasteiger partial charge in [0, 0.05) is 11.1 Å². The van der Waals surface area contributed by atoms with Crippen LogP contribution in [0.1, 0.15) is 18.0 Å². The highest BCUT2D eigenvalue weighted by Crippen LogP contribution is 2.16. The van der Waals surface area contributed by atoms with Crippen molar-refractivity contribution in [2.75, 3.05) is 0 Å². The molecule has 0 aliphatic rings. The Kier molecular flexibility index (Phi) is 3.09. The Morgan fingerprint density at radius 2 is 2.00 bits per heavy atom. The van der Waals surface area contributed by atoms with E-state index in [9.17, 15) is 0 Å². The second-order valence-corrected chi connectivity index (χ2v) is 2.96. The van der Waals surface area contributed by atoms with E-state index in [2.05, 4.69) is 0 Å². The molecule has 0 radical (unpaired) electrons. The molecule has 0 saturated carbocycles. The summed E-state index contributed by atoms with van der Waals surface area (Å²) in [6, 6.07) is 9.04. The molecule has 1 aromatic rings. The molecule has 2 N–H and O–H groups in total. The summed E-state index contributed by atoms with van der Waals surface area (Å²) in [6.07, 6.45) is 0.335. The molecule has 0 aliphatic heterocycles. The van der Waals surface area contributed by atoms with E-state index in [-0.39, 0.29) is 6.04 Å². The van der Waals surface area contributed by atoms with Gasteiger partial charge in [0.05, 0.1) is 12.5 Å². The van der Waals surface area contributed by atoms with Crippen molar-refractivity contribution in [3.05, 3.63) is 34.9 Å². The molecule has 3 heteroatoms. The number of hydrogen-bond acceptors (Lipinski definition) is 2. The lowest BCUT2D eigenvalue weighted by Crippen LogP contribution is -2.08. The van der Waals surface area contributed by atoms with Crippen LogP contribution in [0.5, 0.6) is 0 Å². The number of benzene rings is 1. The van der Waals surface area contributed by atoms with E-state index in [0.717, 1.165) is 5.56 Å². The van der Waals surface area contributed by atoms with E-state index < -0.39 is 0 Å². The first kappa shape index (κ1) is 9.05. The van der Waals surface area contributed by atoms with Crippen LogP contribution in [0, 0.1) is 11.3 Å². The molecule has 0 amide bonds. The van der Waals surface area contributed by atoms with Crippen LogP contribution in [0.15, 0.2) is 24.3 Å². The summed E-state index contributed by atoms with van der Waals surface area (Å²) >= 11 is 5.69. The third kappa shape index (κ3) is 2.23. The first-order chi connectivity index (χ1) is 5.74. The standard InChI is InChI=1S/C9H9ClN2/c10-8-3-1-7(2-4-8)9(12)5-6-11/h1-4,9H,5,12H2. The van der Waals surface area contributed by atoms with E-state index in [1.807, 2.05) is 18.2 Å². The van der Waals surface area contributed by atoms with Crippen LogP contribution in [0.25, 0.3) is 0 Å². The summed E-state index contributed by atoms with van der Waals surface area (Å²) in [7, 11) is 0. The van der Waals surface area contributed by atoms with Gasteiger partial charge in [0.25, 0.3) is 0 Å². The fraction of sp³-hybridized carbons (Fsp3) is 0.222. The smallest absolute Gasteiger partial charge is 0.0641 e. The molecular formula is C9H9ClN2. The number of hydrogen-bond donors (Lipinski definition) is 1. The summed E-state index contributed by atoms with van der Waals surface area (Å²) in [6.45, 7) is 0. The van der Waals surface area contributed by atoms with Gasteiger partial charge in [-0.1, -0.05) is 23.7 Å². The molecule has 0 heterocycles. The summed E-state index contributed by atoms with van der Waals surface area (Å²) in [5.74, 6) is 0. The number of halogens is 1. The second-order valence-electron chi connectivity index (χ2n) is 2.52. The van der Waals surface area contributed by atoms with Crippen LogP contribution >= 0.6 is 11.6 Å². The summed E-state index contributed by atoms with van der Waals surface area (Å²) in [4.78, 5) is 0. The molecule has 0 fully saturated rings. The van der Waals surface area contributed by atoms with Crippen molar-refractivity contribution in [1.82, 2.24) is 0 Å². The topological polar surface area (TPSA) is 49.8 Å². The van der Waals surface area contributed by atoms with E-state index in [0.29, 0.717) is 11.4 Å². The van der Waals surface area contributed by atoms with Gasteiger partial charge in [-0.2, -0.15) is 5.26 Å². The maximum Gasteiger partial charge on any atom is 0.0641 e. The van der Waals surface area contributed by atoms with Crippen LogP contribution in [-0.2, 0) is 0 Å². The summed E-state index contributed by atoms with van der Waals surface area (Å²) < 4.78 is 0. The highest BCUT2D eigenvalue weighted by Gasteiger charge is 2.03. The summed E-state index contributed by atoms with van der Waals surface area (Å²) in [5.41, 5.74) is 6.64. The van der Waals surface area contributed by atoms with Gasteiger partial charge in [0.15, 0.2) is 0 Å². The van der Waals surface area contributed by atoms with E-state index in [4.69, 9.17) is 22.6 Å². The third-order valence-electron chi connectivity index (χ3n) is 1.61. The molecule has 1 atom stereocenters. The van der Waals surface area contributed by atoms with Crippen LogP contribution in [-0.4, -0.2) is 0 Å². The van der Waals surface area contributed by atoms with Crippen molar-refractivity contribution in [3.63, 3.8) is 0 Å². The predicted molar refractivity (Wildman–Crippen MR) is 48.6 cm³/mol. The van der Waals surface area contributed by atoms with Crippen molar-refractivity contribution in [1.29, 1.82) is 5.26 Å². The number of rotatable bonds is 2. The lowest BCUT2D eigenvalue weighted by Gasteiger charge is -2.06. The Bertz CT molecular complexity index is 286. The highest BCUT2D eigenvalue weighted by molar-refractivity contribution is 6.30. The number of nitrogens with two attached hydrogens (primary N) is 1. The molecule has 1 unspecified atom stereocenters. The first-order valence-corrected chi connectivity index (χ1v) is 4.00. The van der Waals surface area contributed by atoms with Gasteiger partial charge < -0.3 is 5.73 Å². The normalized spacial score (nSPS) is 12.1. The average molecular weight is 181 g/mol. The average Bonchev–Trinajstić information content (AvgIpc) is 2.06. The van der Waals surface area contributed by atoms with Crippen LogP contribution in [0.3, 0.4) is 0 Å². The highest BCUT2D eigenvalue weighted by atomic mass is 35.5. The van der Waals surface area contributed by atoms with E-state index >= 15 is 0 Å². The van der Waals surface area contributed by atoms with Crippen molar-refractivity contribution >= 4 is 11.6 Å². The molecule has 0 saturated heterocycles. The summed E-state index contributed by atoms with van der Waals surface area (Å²) in [5, 5.41) is 9.08. The Balaban J connectivity index is 2.76. The van der Waals surface area contributed by atoms with Crippen molar-refractivity contribution < 1.29 is 0 Å². The minimum atomic E-state index is -0.202. The number of nitrogens with zero attached hydrogens (tertiary/aromatic N) is 1. The Labute approximate surface area is 76.6 Å². The van der Waals surface area contributed by atoms with Gasteiger partial charge in [-0.05, 0) is 17.7 Å². The molecule has 0 spiro atoms. The van der Waals surface area contributed by atoms with Gasteiger partial charge in [0.2, 0.25) is 0 Å². The molecule has 62 valence electrons. The quantitative estimate of drug-likeness (QED) is 0.759. The third-order valence-corrected chi connectivity index (χ3v) is 1.86. The molecule has 1 rings (SSSR count). The SMILES string of the molecule is N#CCC(N)c1ccc(Cl)cc1. The molecule has 12 heavy (non-hydrogen) atoms. The molecular weight excluding hydrogens is 172 g/mol. The van der Waals surface area contributed by atoms with Crippen LogP contribution in [0.4, 0.5) is 0 Å². The minimum Gasteiger partial charge on any atom is -0.323 e. The Morgan fingerprint density at radius 1 is 1.42 bits per heavy atom. The van der Waals surface area contributed by atoms with Crippen molar-refractivity contribution in [2.24, 2.45) is 5.73 Å². The van der Waals surface area contributed by atoms with E-state index in [1.165, 1.54) is 0 Å². The molecule has 0 aromatic heterocycles. The van der Waals surface area contributed by atoms with Crippen LogP contribution < -0.4 is 5.73 Å². The van der Waals surface area contributed by atoms with Crippen molar-refractivity contribution in [3.8, 4) is 6.07 Å². The zero-order valence-electron chi connectivity index (χ0n) is 6.50. The van der Waals surface area contributed by atoms with E-state index in [1.54, 1.807) is 12.1 Å². The Hall–Kier alpha value is -1.04. The predicted octanol–water partition coefficient (Wildman–Crippen LogP) is 2.25. The van der Waals surface area contributed by atoms with Gasteiger partial charge in [-0.15, -0.1) is 0 Å². The Morgan fingerprint density at radius 3 is 2.50 bits per heavy atom. The van der Waals surface area contributed by atoms with Gasteiger partial charge >= 0.3 is 0 Å². The van der Waals surface area contributed by atoms with Gasteiger partial charge in [0.1, 0.15) is 0 Å². The number of nitriles is 1. The van der Waals surface area contributed by atoms with Gasteiger partial charge in [-0.3, -0.25) is 0 Å². The fourth-order valence-corrected chi connectivity index (χ4v) is 1.05.